The van der Waals surface area contributed by atoms with E-state index in [9.17, 15) is 23.1 Å². The van der Waals surface area contributed by atoms with Crippen LogP contribution >= 0.6 is 0 Å². The molecular weight excluding hydrogens is 492 g/mol. The lowest BCUT2D eigenvalue weighted by molar-refractivity contribution is -0.139. The molecule has 0 aliphatic carbocycles. The Balaban J connectivity index is 1.41. The minimum Gasteiger partial charge on any atom is -0.489 e. The summed E-state index contributed by atoms with van der Waals surface area (Å²) in [6.45, 7) is 0.445. The third-order valence-electron chi connectivity index (χ3n) is 5.62. The third kappa shape index (κ3) is 7.31. The van der Waals surface area contributed by atoms with E-state index < -0.39 is 27.9 Å². The van der Waals surface area contributed by atoms with Crippen molar-refractivity contribution in [2.75, 3.05) is 11.0 Å². The van der Waals surface area contributed by atoms with Gasteiger partial charge >= 0.3 is 5.97 Å². The van der Waals surface area contributed by atoms with E-state index in [-0.39, 0.29) is 6.42 Å². The summed E-state index contributed by atoms with van der Waals surface area (Å²) >= 11 is 0. The summed E-state index contributed by atoms with van der Waals surface area (Å²) in [6, 6.07) is 25.7. The molecule has 0 fully saturated rings. The first-order valence-electron chi connectivity index (χ1n) is 11.5. The van der Waals surface area contributed by atoms with Crippen LogP contribution in [0.1, 0.15) is 21.5 Å². The standard InChI is InChI=1S/C28H26N2O6S/c1-37(34,35)30-24-12-7-19(8-13-24)15-26(28(32)33)29-27(31)23-10-9-22-17-25(14-11-21(22)16-23)36-18-20-5-3-2-4-6-20/h2-14,16-17,26,30H,15,18H2,1H3,(H,29,31)(H,32,33). The van der Waals surface area contributed by atoms with Crippen molar-refractivity contribution in [3.05, 3.63) is 108 Å². The molecule has 4 aromatic carbocycles. The average molecular weight is 519 g/mol. The van der Waals surface area contributed by atoms with Gasteiger partial charge in [-0.2, -0.15) is 0 Å². The third-order valence-corrected chi connectivity index (χ3v) is 6.23. The van der Waals surface area contributed by atoms with E-state index in [0.717, 1.165) is 22.6 Å². The first-order chi connectivity index (χ1) is 17.7. The molecule has 9 heteroatoms. The normalized spacial score (nSPS) is 12.0. The lowest BCUT2D eigenvalue weighted by Gasteiger charge is -2.15. The number of hydrogen-bond donors (Lipinski definition) is 3. The van der Waals surface area contributed by atoms with Crippen LogP contribution in [0.2, 0.25) is 0 Å². The number of nitrogens with one attached hydrogen (secondary N) is 2. The van der Waals surface area contributed by atoms with Gasteiger partial charge in [-0.25, -0.2) is 13.2 Å². The molecule has 0 heterocycles. The highest BCUT2D eigenvalue weighted by molar-refractivity contribution is 7.92. The largest absolute Gasteiger partial charge is 0.489 e. The van der Waals surface area contributed by atoms with Gasteiger partial charge in [-0.05, 0) is 58.3 Å². The highest BCUT2D eigenvalue weighted by atomic mass is 32.2. The number of aliphatic carboxylic acids is 1. The van der Waals surface area contributed by atoms with Crippen LogP contribution in [-0.4, -0.2) is 37.7 Å². The van der Waals surface area contributed by atoms with Gasteiger partial charge in [0.2, 0.25) is 10.0 Å². The van der Waals surface area contributed by atoms with Gasteiger partial charge in [-0.15, -0.1) is 0 Å². The molecule has 0 bridgehead atoms. The maximum absolute atomic E-state index is 12.9. The monoisotopic (exact) mass is 518 g/mol. The Bertz CT molecular complexity index is 1520. The van der Waals surface area contributed by atoms with Crippen LogP contribution < -0.4 is 14.8 Å². The summed E-state index contributed by atoms with van der Waals surface area (Å²) in [5, 5.41) is 13.9. The molecule has 0 aromatic heterocycles. The smallest absolute Gasteiger partial charge is 0.326 e. The summed E-state index contributed by atoms with van der Waals surface area (Å²) < 4.78 is 30.9. The SMILES string of the molecule is CS(=O)(=O)Nc1ccc(CC(NC(=O)c2ccc3cc(OCc4ccccc4)ccc3c2)C(=O)O)cc1. The van der Waals surface area contributed by atoms with Crippen molar-refractivity contribution >= 4 is 38.4 Å². The average Bonchev–Trinajstić information content (AvgIpc) is 2.87. The predicted octanol–water partition coefficient (Wildman–Crippen LogP) is 4.22. The number of carboxylic acids is 1. The summed E-state index contributed by atoms with van der Waals surface area (Å²) in [4.78, 5) is 24.7. The van der Waals surface area contributed by atoms with Gasteiger partial charge in [0.1, 0.15) is 18.4 Å². The second kappa shape index (κ2) is 11.1. The molecule has 4 rings (SSSR count). The Labute approximate surface area is 215 Å². The number of carbonyl (C=O) groups is 2. The van der Waals surface area contributed by atoms with Crippen molar-refractivity contribution in [1.29, 1.82) is 0 Å². The number of benzene rings is 4. The molecule has 190 valence electrons. The molecule has 1 amide bonds. The lowest BCUT2D eigenvalue weighted by Crippen LogP contribution is -2.42. The number of sulfonamides is 1. The second-order valence-electron chi connectivity index (χ2n) is 8.64. The van der Waals surface area contributed by atoms with Gasteiger partial charge in [0.25, 0.3) is 5.91 Å². The molecule has 0 saturated heterocycles. The number of hydrogen-bond acceptors (Lipinski definition) is 5. The van der Waals surface area contributed by atoms with Gasteiger partial charge in [0.05, 0.1) is 6.26 Å². The molecule has 37 heavy (non-hydrogen) atoms. The van der Waals surface area contributed by atoms with Crippen LogP contribution in [0, 0.1) is 0 Å². The summed E-state index contributed by atoms with van der Waals surface area (Å²) in [7, 11) is -3.41. The Hall–Kier alpha value is -4.37. The van der Waals surface area contributed by atoms with E-state index in [1.165, 1.54) is 12.1 Å². The van der Waals surface area contributed by atoms with Gasteiger partial charge < -0.3 is 15.2 Å². The highest BCUT2D eigenvalue weighted by Crippen LogP contribution is 2.23. The van der Waals surface area contributed by atoms with E-state index in [1.54, 1.807) is 30.3 Å². The van der Waals surface area contributed by atoms with Gasteiger partial charge in [-0.3, -0.25) is 9.52 Å². The van der Waals surface area contributed by atoms with Crippen LogP contribution in [0.15, 0.2) is 91.0 Å². The van der Waals surface area contributed by atoms with Crippen molar-refractivity contribution in [2.45, 2.75) is 19.1 Å². The van der Waals surface area contributed by atoms with Crippen molar-refractivity contribution in [1.82, 2.24) is 5.32 Å². The molecule has 0 aliphatic rings. The Morgan fingerprint density at radius 2 is 1.54 bits per heavy atom. The lowest BCUT2D eigenvalue weighted by atomic mass is 10.0. The first kappa shape index (κ1) is 25.7. The number of rotatable bonds is 10. The summed E-state index contributed by atoms with van der Waals surface area (Å²) in [6.07, 6.45) is 1.08. The first-order valence-corrected chi connectivity index (χ1v) is 13.4. The Morgan fingerprint density at radius 3 is 2.22 bits per heavy atom. The van der Waals surface area contributed by atoms with Crippen molar-refractivity contribution < 1.29 is 27.9 Å². The van der Waals surface area contributed by atoms with Gasteiger partial charge in [-0.1, -0.05) is 54.6 Å². The van der Waals surface area contributed by atoms with Crippen molar-refractivity contribution in [2.24, 2.45) is 0 Å². The van der Waals surface area contributed by atoms with E-state index in [0.29, 0.717) is 29.2 Å². The molecule has 4 aromatic rings. The number of fused-ring (bicyclic) bond motifs is 1. The second-order valence-corrected chi connectivity index (χ2v) is 10.4. The number of carboxylic acid groups (broad SMARTS) is 1. The van der Waals surface area contributed by atoms with Crippen LogP contribution in [0.25, 0.3) is 10.8 Å². The van der Waals surface area contributed by atoms with E-state index in [2.05, 4.69) is 10.0 Å². The number of carbonyl (C=O) groups excluding carboxylic acids is 1. The zero-order valence-corrected chi connectivity index (χ0v) is 20.9. The number of anilines is 1. The quantitative estimate of drug-likeness (QED) is 0.289. The van der Waals surface area contributed by atoms with Gasteiger partial charge in [0, 0.05) is 17.7 Å². The highest BCUT2D eigenvalue weighted by Gasteiger charge is 2.21. The van der Waals surface area contributed by atoms with E-state index >= 15 is 0 Å². The molecule has 8 nitrogen and oxygen atoms in total. The van der Waals surface area contributed by atoms with Crippen LogP contribution in [0.4, 0.5) is 5.69 Å². The van der Waals surface area contributed by atoms with E-state index in [1.807, 2.05) is 48.5 Å². The van der Waals surface area contributed by atoms with Crippen molar-refractivity contribution in [3.8, 4) is 5.75 Å². The molecule has 1 atom stereocenters. The molecule has 0 saturated carbocycles. The minimum absolute atomic E-state index is 0.0376. The minimum atomic E-state index is -3.41. The molecule has 3 N–H and O–H groups in total. The molecule has 0 spiro atoms. The maximum Gasteiger partial charge on any atom is 0.326 e. The fraction of sp³-hybridized carbons (Fsp3) is 0.143. The zero-order chi connectivity index (χ0) is 26.4. The fourth-order valence-corrected chi connectivity index (χ4v) is 4.36. The molecule has 0 radical (unpaired) electrons. The topological polar surface area (TPSA) is 122 Å². The molecular formula is C28H26N2O6S. The number of amides is 1. The summed E-state index contributed by atoms with van der Waals surface area (Å²) in [5.74, 6) is -0.973. The van der Waals surface area contributed by atoms with Crippen LogP contribution in [0.3, 0.4) is 0 Å². The maximum atomic E-state index is 12.9. The molecule has 1 unspecified atom stereocenters. The Morgan fingerprint density at radius 1 is 0.865 bits per heavy atom. The van der Waals surface area contributed by atoms with Crippen molar-refractivity contribution in [3.63, 3.8) is 0 Å². The van der Waals surface area contributed by atoms with Crippen LogP contribution in [0.5, 0.6) is 5.75 Å². The van der Waals surface area contributed by atoms with E-state index in [4.69, 9.17) is 4.74 Å². The fourth-order valence-electron chi connectivity index (χ4n) is 3.80. The summed E-state index contributed by atoms with van der Waals surface area (Å²) in [5.41, 5.74) is 2.40. The predicted molar refractivity (Wildman–Crippen MR) is 142 cm³/mol. The zero-order valence-electron chi connectivity index (χ0n) is 20.0. The van der Waals surface area contributed by atoms with Crippen LogP contribution in [-0.2, 0) is 27.8 Å². The molecule has 0 aliphatic heterocycles. The Kier molecular flexibility index (Phi) is 7.74. The number of ether oxygens (including phenoxy) is 1. The van der Waals surface area contributed by atoms with Gasteiger partial charge in [0.15, 0.2) is 0 Å².